The maximum atomic E-state index is 5.54. The fraction of sp³-hybridized carbons (Fsp3) is 0.200. The first-order valence-electron chi connectivity index (χ1n) is 6.68. The van der Waals surface area contributed by atoms with Crippen LogP contribution in [0.1, 0.15) is 24.5 Å². The van der Waals surface area contributed by atoms with Gasteiger partial charge in [-0.1, -0.05) is 17.3 Å². The molecule has 0 bridgehead atoms. The zero-order valence-electron chi connectivity index (χ0n) is 10.9. The number of benzene rings is 1. The molecule has 1 aromatic carbocycles. The molecule has 0 aliphatic heterocycles. The lowest BCUT2D eigenvalue weighted by Crippen LogP contribution is -2.00. The molecule has 1 saturated carbocycles. The lowest BCUT2D eigenvalue weighted by molar-refractivity contribution is 0.439. The van der Waals surface area contributed by atoms with Crippen molar-refractivity contribution in [2.75, 3.05) is 5.73 Å². The zero-order chi connectivity index (χ0) is 13.5. The van der Waals surface area contributed by atoms with Gasteiger partial charge in [-0.05, 0) is 31.0 Å². The molecule has 3 aromatic rings. The lowest BCUT2D eigenvalue weighted by Gasteiger charge is -2.07. The van der Waals surface area contributed by atoms with Crippen molar-refractivity contribution < 1.29 is 4.52 Å². The van der Waals surface area contributed by atoms with Gasteiger partial charge in [0.25, 0.3) is 0 Å². The van der Waals surface area contributed by atoms with Gasteiger partial charge in [-0.2, -0.15) is 5.10 Å². The van der Waals surface area contributed by atoms with Crippen molar-refractivity contribution in [1.82, 2.24) is 14.9 Å². The number of aromatic nitrogens is 3. The number of rotatable bonds is 3. The Morgan fingerprint density at radius 2 is 1.95 bits per heavy atom. The van der Waals surface area contributed by atoms with E-state index in [1.165, 1.54) is 18.5 Å². The van der Waals surface area contributed by atoms with Crippen LogP contribution >= 0.6 is 0 Å². The predicted molar refractivity (Wildman–Crippen MR) is 75.4 cm³/mol. The summed E-state index contributed by atoms with van der Waals surface area (Å²) in [6.45, 7) is 0. The summed E-state index contributed by atoms with van der Waals surface area (Å²) in [4.78, 5) is 0. The molecular weight excluding hydrogens is 252 g/mol. The summed E-state index contributed by atoms with van der Waals surface area (Å²) >= 11 is 0. The number of hydrogen-bond donors (Lipinski definition) is 1. The topological polar surface area (TPSA) is 69.9 Å². The normalized spacial score (nSPS) is 14.6. The number of hydrogen-bond acceptors (Lipinski definition) is 4. The first-order chi connectivity index (χ1) is 9.81. The zero-order valence-corrected chi connectivity index (χ0v) is 10.9. The van der Waals surface area contributed by atoms with E-state index in [1.54, 1.807) is 6.07 Å². The van der Waals surface area contributed by atoms with Gasteiger partial charge in [0.2, 0.25) is 5.88 Å². The van der Waals surface area contributed by atoms with E-state index in [9.17, 15) is 0 Å². The molecule has 0 amide bonds. The number of anilines is 1. The SMILES string of the molecule is Nc1cc(-c2ccc(-n3nccc3C3CC3)cc2)no1. The van der Waals surface area contributed by atoms with Crippen molar-refractivity contribution in [2.45, 2.75) is 18.8 Å². The van der Waals surface area contributed by atoms with Gasteiger partial charge in [0.1, 0.15) is 5.69 Å². The smallest absolute Gasteiger partial charge is 0.222 e. The van der Waals surface area contributed by atoms with E-state index >= 15 is 0 Å². The van der Waals surface area contributed by atoms with Gasteiger partial charge in [-0.3, -0.25) is 0 Å². The van der Waals surface area contributed by atoms with Crippen LogP contribution in [0.15, 0.2) is 47.1 Å². The Bertz CT molecular complexity index is 737. The largest absolute Gasteiger partial charge is 0.368 e. The second kappa shape index (κ2) is 4.23. The Kier molecular flexibility index (Phi) is 2.39. The van der Waals surface area contributed by atoms with Gasteiger partial charge in [-0.15, -0.1) is 0 Å². The second-order valence-corrected chi connectivity index (χ2v) is 5.10. The Labute approximate surface area is 116 Å². The molecule has 20 heavy (non-hydrogen) atoms. The minimum atomic E-state index is 0.326. The monoisotopic (exact) mass is 266 g/mol. The fourth-order valence-electron chi connectivity index (χ4n) is 2.42. The van der Waals surface area contributed by atoms with Crippen LogP contribution in [0, 0.1) is 0 Å². The van der Waals surface area contributed by atoms with Crippen molar-refractivity contribution in [2.24, 2.45) is 0 Å². The molecule has 1 aliphatic rings. The molecular formula is C15H14N4O. The van der Waals surface area contributed by atoms with Gasteiger partial charge in [-0.25, -0.2) is 4.68 Å². The summed E-state index contributed by atoms with van der Waals surface area (Å²) < 4.78 is 6.90. The molecule has 2 heterocycles. The van der Waals surface area contributed by atoms with Gasteiger partial charge < -0.3 is 10.3 Å². The second-order valence-electron chi connectivity index (χ2n) is 5.10. The van der Waals surface area contributed by atoms with Crippen molar-refractivity contribution in [1.29, 1.82) is 0 Å². The standard InChI is InChI=1S/C15H14N4O/c16-15-9-13(18-20-15)10-3-5-12(6-4-10)19-14(7-8-17-19)11-1-2-11/h3-9,11H,1-2,16H2. The van der Waals surface area contributed by atoms with E-state index in [4.69, 9.17) is 10.3 Å². The average molecular weight is 266 g/mol. The van der Waals surface area contributed by atoms with Crippen LogP contribution in [0.4, 0.5) is 5.88 Å². The van der Waals surface area contributed by atoms with Crippen molar-refractivity contribution in [3.63, 3.8) is 0 Å². The van der Waals surface area contributed by atoms with E-state index < -0.39 is 0 Å². The number of nitrogen functional groups attached to an aromatic ring is 1. The maximum absolute atomic E-state index is 5.54. The summed E-state index contributed by atoms with van der Waals surface area (Å²) in [6.07, 6.45) is 4.39. The first kappa shape index (κ1) is 11.3. The Morgan fingerprint density at radius 1 is 1.15 bits per heavy atom. The molecule has 0 saturated heterocycles. The summed E-state index contributed by atoms with van der Waals surface area (Å²) in [6, 6.07) is 11.9. The Morgan fingerprint density at radius 3 is 2.60 bits per heavy atom. The predicted octanol–water partition coefficient (Wildman–Crippen LogP) is 2.99. The molecule has 0 radical (unpaired) electrons. The van der Waals surface area contributed by atoms with Gasteiger partial charge in [0.05, 0.1) is 5.69 Å². The molecule has 2 N–H and O–H groups in total. The van der Waals surface area contributed by atoms with Crippen LogP contribution in [0.25, 0.3) is 16.9 Å². The maximum Gasteiger partial charge on any atom is 0.222 e. The summed E-state index contributed by atoms with van der Waals surface area (Å²) in [7, 11) is 0. The molecule has 5 heteroatoms. The van der Waals surface area contributed by atoms with Crippen molar-refractivity contribution in [3.05, 3.63) is 48.3 Å². The molecule has 0 unspecified atom stereocenters. The first-order valence-corrected chi connectivity index (χ1v) is 6.68. The van der Waals surface area contributed by atoms with E-state index in [1.807, 2.05) is 35.1 Å². The number of nitrogens with two attached hydrogens (primary N) is 1. The van der Waals surface area contributed by atoms with Crippen LogP contribution in [0.3, 0.4) is 0 Å². The molecule has 0 atom stereocenters. The van der Waals surface area contributed by atoms with E-state index in [-0.39, 0.29) is 0 Å². The van der Waals surface area contributed by atoms with Crippen LogP contribution < -0.4 is 5.73 Å². The fourth-order valence-corrected chi connectivity index (χ4v) is 2.42. The van der Waals surface area contributed by atoms with Crippen molar-refractivity contribution in [3.8, 4) is 16.9 Å². The van der Waals surface area contributed by atoms with E-state index in [0.29, 0.717) is 11.8 Å². The molecule has 2 aromatic heterocycles. The van der Waals surface area contributed by atoms with E-state index in [0.717, 1.165) is 16.9 Å². The molecule has 5 nitrogen and oxygen atoms in total. The quantitative estimate of drug-likeness (QED) is 0.791. The van der Waals surface area contributed by atoms with Crippen LogP contribution in [-0.2, 0) is 0 Å². The third-order valence-electron chi connectivity index (χ3n) is 3.60. The van der Waals surface area contributed by atoms with Gasteiger partial charge in [0.15, 0.2) is 0 Å². The van der Waals surface area contributed by atoms with Gasteiger partial charge in [0, 0.05) is 29.4 Å². The van der Waals surface area contributed by atoms with Crippen LogP contribution in [0.5, 0.6) is 0 Å². The Balaban J connectivity index is 1.68. The highest BCUT2D eigenvalue weighted by atomic mass is 16.5. The highest BCUT2D eigenvalue weighted by Crippen LogP contribution is 2.40. The summed E-state index contributed by atoms with van der Waals surface area (Å²) in [5, 5.41) is 8.33. The highest BCUT2D eigenvalue weighted by molar-refractivity contribution is 5.62. The molecule has 0 spiro atoms. The van der Waals surface area contributed by atoms with Crippen molar-refractivity contribution >= 4 is 5.88 Å². The Hall–Kier alpha value is -2.56. The molecule has 1 aliphatic carbocycles. The van der Waals surface area contributed by atoms with E-state index in [2.05, 4.69) is 16.3 Å². The van der Waals surface area contributed by atoms with Crippen LogP contribution in [0.2, 0.25) is 0 Å². The molecule has 1 fully saturated rings. The summed E-state index contributed by atoms with van der Waals surface area (Å²) in [5.74, 6) is 1.000. The molecule has 100 valence electrons. The highest BCUT2D eigenvalue weighted by Gasteiger charge is 2.27. The third kappa shape index (κ3) is 1.87. The molecule has 4 rings (SSSR count). The number of nitrogens with zero attached hydrogens (tertiary/aromatic N) is 3. The minimum absolute atomic E-state index is 0.326. The average Bonchev–Trinajstić information content (AvgIpc) is 3.04. The lowest BCUT2D eigenvalue weighted by atomic mass is 10.1. The summed E-state index contributed by atoms with van der Waals surface area (Å²) in [5.41, 5.74) is 9.63. The minimum Gasteiger partial charge on any atom is -0.368 e. The van der Waals surface area contributed by atoms with Gasteiger partial charge >= 0.3 is 0 Å². The third-order valence-corrected chi connectivity index (χ3v) is 3.60. The van der Waals surface area contributed by atoms with Crippen LogP contribution in [-0.4, -0.2) is 14.9 Å².